The molecule has 74 valence electrons. The summed E-state index contributed by atoms with van der Waals surface area (Å²) in [5.41, 5.74) is 0.706. The summed E-state index contributed by atoms with van der Waals surface area (Å²) in [5, 5.41) is 2.81. The van der Waals surface area contributed by atoms with Crippen LogP contribution in [0.2, 0.25) is 0 Å². The molecule has 1 unspecified atom stereocenters. The zero-order valence-electron chi connectivity index (χ0n) is 8.59. The number of benzene rings is 2. The van der Waals surface area contributed by atoms with E-state index >= 15 is 0 Å². The summed E-state index contributed by atoms with van der Waals surface area (Å²) in [6.07, 6.45) is 0. The SMILES string of the molecule is O=[p+]1oc2ccccc2c2ccccc21.[Zn]. The van der Waals surface area contributed by atoms with Crippen molar-refractivity contribution in [2.75, 3.05) is 0 Å². The fraction of sp³-hybridized carbons (Fsp3) is 0. The zero-order chi connectivity index (χ0) is 10.3. The van der Waals surface area contributed by atoms with Crippen molar-refractivity contribution in [1.82, 2.24) is 0 Å². The fourth-order valence-corrected chi connectivity index (χ4v) is 2.80. The van der Waals surface area contributed by atoms with Crippen molar-refractivity contribution in [3.63, 3.8) is 0 Å². The first-order valence-electron chi connectivity index (χ1n) is 4.70. The molecule has 0 aliphatic carbocycles. The molecule has 0 N–H and O–H groups in total. The topological polar surface area (TPSA) is 30.2 Å². The van der Waals surface area contributed by atoms with Crippen LogP contribution in [0.1, 0.15) is 0 Å². The monoisotopic (exact) mass is 279 g/mol. The maximum Gasteiger partial charge on any atom is 0.597 e. The second-order valence-electron chi connectivity index (χ2n) is 3.36. The van der Waals surface area contributed by atoms with Gasteiger partial charge in [-0.2, -0.15) is 0 Å². The predicted molar refractivity (Wildman–Crippen MR) is 61.3 cm³/mol. The minimum absolute atomic E-state index is 0. The Hall–Kier alpha value is -1.04. The van der Waals surface area contributed by atoms with Gasteiger partial charge in [0, 0.05) is 30.3 Å². The number of rotatable bonds is 0. The molecule has 0 spiro atoms. The van der Waals surface area contributed by atoms with E-state index < -0.39 is 7.65 Å². The standard InChI is InChI=1S/C12H8O2P.Zn/c13-15-12-8-4-2-6-10(12)9-5-1-3-7-11(9)14-15;/h1-8H;/q+1;. The van der Waals surface area contributed by atoms with Gasteiger partial charge in [-0.3, -0.25) is 0 Å². The second kappa shape index (κ2) is 4.45. The molecule has 2 nitrogen and oxygen atoms in total. The molecule has 0 aliphatic rings. The van der Waals surface area contributed by atoms with Crippen LogP contribution in [0.5, 0.6) is 0 Å². The van der Waals surface area contributed by atoms with Crippen molar-refractivity contribution in [2.24, 2.45) is 0 Å². The van der Waals surface area contributed by atoms with E-state index in [0.717, 1.165) is 15.9 Å². The van der Waals surface area contributed by atoms with Crippen LogP contribution in [0, 0.1) is 0 Å². The Bertz CT molecular complexity index is 706. The fourth-order valence-electron chi connectivity index (χ4n) is 1.77. The van der Waals surface area contributed by atoms with Crippen molar-refractivity contribution in [3.05, 3.63) is 48.5 Å². The first kappa shape index (κ1) is 11.4. The predicted octanol–water partition coefficient (Wildman–Crippen LogP) is 4.33. The summed E-state index contributed by atoms with van der Waals surface area (Å²) in [4.78, 5) is 0. The molecular formula is C12H8O2PZn+. The molecule has 0 amide bonds. The average Bonchev–Trinajstić information content (AvgIpc) is 2.30. The molecule has 4 heteroatoms. The van der Waals surface area contributed by atoms with Crippen LogP contribution in [0.4, 0.5) is 0 Å². The molecule has 0 radical (unpaired) electrons. The van der Waals surface area contributed by atoms with Crippen molar-refractivity contribution < 1.29 is 28.2 Å². The first-order chi connectivity index (χ1) is 7.36. The summed E-state index contributed by atoms with van der Waals surface area (Å²) < 4.78 is 17.1. The van der Waals surface area contributed by atoms with E-state index in [1.807, 2.05) is 48.5 Å². The van der Waals surface area contributed by atoms with Gasteiger partial charge in [-0.05, 0) is 22.8 Å². The molecule has 3 rings (SSSR count). The molecular weight excluding hydrogens is 272 g/mol. The molecule has 0 fully saturated rings. The third-order valence-electron chi connectivity index (χ3n) is 2.46. The Morgan fingerprint density at radius 1 is 0.875 bits per heavy atom. The van der Waals surface area contributed by atoms with Gasteiger partial charge in [0.25, 0.3) is 0 Å². The van der Waals surface area contributed by atoms with E-state index in [4.69, 9.17) is 4.20 Å². The van der Waals surface area contributed by atoms with Crippen LogP contribution in [0.15, 0.2) is 52.7 Å². The molecule has 1 heterocycles. The maximum absolute atomic E-state index is 11.8. The van der Waals surface area contributed by atoms with E-state index in [-0.39, 0.29) is 19.5 Å². The number of fused-ring (bicyclic) bond motifs is 3. The summed E-state index contributed by atoms with van der Waals surface area (Å²) in [5.74, 6) is 0. The minimum atomic E-state index is -1.74. The van der Waals surface area contributed by atoms with Gasteiger partial charge in [0.2, 0.25) is 5.12 Å². The van der Waals surface area contributed by atoms with E-state index in [1.165, 1.54) is 0 Å². The molecule has 0 saturated carbocycles. The molecule has 1 atom stereocenters. The molecule has 16 heavy (non-hydrogen) atoms. The van der Waals surface area contributed by atoms with Crippen LogP contribution in [0.3, 0.4) is 0 Å². The maximum atomic E-state index is 11.8. The second-order valence-corrected chi connectivity index (χ2v) is 4.54. The minimum Gasteiger partial charge on any atom is -0.250 e. The Morgan fingerprint density at radius 3 is 2.31 bits per heavy atom. The summed E-state index contributed by atoms with van der Waals surface area (Å²) in [6, 6.07) is 15.3. The van der Waals surface area contributed by atoms with Crippen LogP contribution < -0.4 is 0 Å². The number of hydrogen-bond donors (Lipinski definition) is 0. The van der Waals surface area contributed by atoms with Crippen molar-refractivity contribution >= 4 is 29.1 Å². The molecule has 0 saturated heterocycles. The van der Waals surface area contributed by atoms with Gasteiger partial charge in [-0.25, -0.2) is 4.20 Å². The third-order valence-corrected chi connectivity index (χ3v) is 3.61. The zero-order valence-corrected chi connectivity index (χ0v) is 12.5. The van der Waals surface area contributed by atoms with E-state index in [0.29, 0.717) is 5.58 Å². The Labute approximate surface area is 106 Å². The van der Waals surface area contributed by atoms with Crippen molar-refractivity contribution in [2.45, 2.75) is 0 Å². The van der Waals surface area contributed by atoms with Crippen LogP contribution in [-0.2, 0) is 24.0 Å². The Kier molecular flexibility index (Phi) is 3.18. The van der Waals surface area contributed by atoms with Gasteiger partial charge in [-0.1, -0.05) is 30.3 Å². The quantitative estimate of drug-likeness (QED) is 0.453. The first-order valence-corrected chi connectivity index (χ1v) is 5.88. The number of hydrogen-bond acceptors (Lipinski definition) is 2. The van der Waals surface area contributed by atoms with Gasteiger partial charge in [-0.15, -0.1) is 0 Å². The van der Waals surface area contributed by atoms with E-state index in [9.17, 15) is 4.57 Å². The van der Waals surface area contributed by atoms with Gasteiger partial charge in [0.15, 0.2) is 5.58 Å². The normalized spacial score (nSPS) is 11.4. The average molecular weight is 281 g/mol. The Balaban J connectivity index is 0.000000963. The molecule has 0 bridgehead atoms. The molecule has 2 aromatic carbocycles. The Morgan fingerprint density at radius 2 is 1.50 bits per heavy atom. The van der Waals surface area contributed by atoms with Gasteiger partial charge in [0.05, 0.1) is 0 Å². The smallest absolute Gasteiger partial charge is 0.250 e. The van der Waals surface area contributed by atoms with E-state index in [1.54, 1.807) is 0 Å². The summed E-state index contributed by atoms with van der Waals surface area (Å²) >= 11 is 0. The number of para-hydroxylation sites is 1. The third kappa shape index (κ3) is 1.71. The molecule has 1 aromatic heterocycles. The van der Waals surface area contributed by atoms with Gasteiger partial charge in [0.1, 0.15) is 0 Å². The van der Waals surface area contributed by atoms with Crippen LogP contribution in [-0.4, -0.2) is 0 Å². The van der Waals surface area contributed by atoms with Crippen LogP contribution in [0.25, 0.3) is 21.5 Å². The van der Waals surface area contributed by atoms with E-state index in [2.05, 4.69) is 0 Å². The largest absolute Gasteiger partial charge is 0.597 e. The van der Waals surface area contributed by atoms with Crippen molar-refractivity contribution in [3.8, 4) is 0 Å². The molecule has 3 aromatic rings. The van der Waals surface area contributed by atoms with Gasteiger partial charge < -0.3 is 0 Å². The van der Waals surface area contributed by atoms with Crippen LogP contribution >= 0.6 is 7.65 Å². The molecule has 0 aliphatic heterocycles. The summed E-state index contributed by atoms with van der Waals surface area (Å²) in [6.45, 7) is 0. The van der Waals surface area contributed by atoms with Crippen molar-refractivity contribution in [1.29, 1.82) is 0 Å². The summed E-state index contributed by atoms with van der Waals surface area (Å²) in [7, 11) is -1.74. The van der Waals surface area contributed by atoms with Gasteiger partial charge >= 0.3 is 7.65 Å².